The molecule has 2 atom stereocenters. The fraction of sp³-hybridized carbons (Fsp3) is 1.00. The van der Waals surface area contributed by atoms with Gasteiger partial charge in [0.1, 0.15) is 0 Å². The van der Waals surface area contributed by atoms with E-state index in [4.69, 9.17) is 5.11 Å². The fourth-order valence-electron chi connectivity index (χ4n) is 0.494. The minimum Gasteiger partial charge on any atom is -1.00 e. The molecule has 0 radical (unpaired) electrons. The van der Waals surface area contributed by atoms with Crippen LogP contribution in [0.25, 0.3) is 0 Å². The van der Waals surface area contributed by atoms with Gasteiger partial charge < -0.3 is 6.53 Å². The predicted octanol–water partition coefficient (Wildman–Crippen LogP) is -0.735. The maximum atomic E-state index is 12.1. The molecular weight excluding hydrogens is 251 g/mol. The maximum absolute atomic E-state index is 12.1. The Morgan fingerprint density at radius 2 is 1.27 bits per heavy atom. The van der Waals surface area contributed by atoms with Crippen LogP contribution in [0.4, 0.5) is 35.1 Å². The van der Waals surface area contributed by atoms with Crippen LogP contribution in [0.15, 0.2) is 0 Å². The van der Waals surface area contributed by atoms with Crippen molar-refractivity contribution >= 4 is 0 Å². The zero-order valence-electron chi connectivity index (χ0n) is 8.20. The molecule has 1 N–H and O–H groups in total. The minimum atomic E-state index is -5.90. The molecule has 0 saturated heterocycles. The first-order valence-corrected chi connectivity index (χ1v) is 3.06. The van der Waals surface area contributed by atoms with Gasteiger partial charge >= 0.3 is 41.6 Å². The summed E-state index contributed by atoms with van der Waals surface area (Å²) in [7, 11) is 0. The van der Waals surface area contributed by atoms with E-state index in [0.29, 0.717) is 0 Å². The molecule has 0 aromatic heterocycles. The first kappa shape index (κ1) is 17.8. The van der Waals surface area contributed by atoms with Gasteiger partial charge in [0.05, 0.1) is 0 Å². The Balaban J connectivity index is -0.000000845. The predicted molar refractivity (Wildman–Crippen MR) is 29.0 cm³/mol. The molecule has 0 fully saturated rings. The van der Waals surface area contributed by atoms with Gasteiger partial charge in [0.2, 0.25) is 6.17 Å². The van der Waals surface area contributed by atoms with Gasteiger partial charge in [-0.25, -0.2) is 17.6 Å². The summed E-state index contributed by atoms with van der Waals surface area (Å²) in [6, 6.07) is 0. The summed E-state index contributed by atoms with van der Waals surface area (Å²) in [6.07, 6.45) is -18.7. The second-order valence-electron chi connectivity index (χ2n) is 2.34. The van der Waals surface area contributed by atoms with Gasteiger partial charge in [-0.05, 0) is 0 Å². The van der Waals surface area contributed by atoms with Gasteiger partial charge in [-0.1, -0.05) is 0 Å². The number of alkyl halides is 8. The van der Waals surface area contributed by atoms with Crippen molar-refractivity contribution in [3.8, 4) is 0 Å². The van der Waals surface area contributed by atoms with E-state index in [2.05, 4.69) is 0 Å². The summed E-state index contributed by atoms with van der Waals surface area (Å²) in [4.78, 5) is 0. The Bertz CT molecular complexity index is 197. The Labute approximate surface area is 102 Å². The molecule has 0 amide bonds. The van der Waals surface area contributed by atoms with Crippen molar-refractivity contribution < 1.29 is 71.2 Å². The van der Waals surface area contributed by atoms with Crippen LogP contribution >= 0.6 is 0 Å². The van der Waals surface area contributed by atoms with E-state index in [0.717, 1.165) is 0 Å². The molecule has 0 bridgehead atoms. The van der Waals surface area contributed by atoms with Crippen molar-refractivity contribution in [2.75, 3.05) is 0 Å². The second-order valence-corrected chi connectivity index (χ2v) is 2.34. The van der Waals surface area contributed by atoms with E-state index in [1.807, 2.05) is 0 Å². The Kier molecular flexibility index (Phi) is 6.69. The number of halogens is 8. The molecule has 0 heterocycles. The van der Waals surface area contributed by atoms with E-state index < -0.39 is 30.8 Å². The quantitative estimate of drug-likeness (QED) is 0.519. The molecule has 0 aliphatic heterocycles. The third-order valence-electron chi connectivity index (χ3n) is 1.27. The first-order chi connectivity index (χ1) is 6.01. The molecule has 0 aliphatic carbocycles. The number of hydrogen-bond donors (Lipinski definition) is 1. The van der Waals surface area contributed by atoms with Gasteiger partial charge in [-0.3, -0.25) is 0 Å². The molecule has 1 nitrogen and oxygen atoms in total. The average molecular weight is 256 g/mol. The van der Waals surface area contributed by atoms with E-state index >= 15 is 0 Å². The molecule has 0 aromatic carbocycles. The van der Waals surface area contributed by atoms with E-state index in [-0.39, 0.29) is 31.0 Å². The van der Waals surface area contributed by atoms with Gasteiger partial charge in [0, 0.05) is 0 Å². The van der Waals surface area contributed by atoms with Crippen molar-refractivity contribution in [1.82, 2.24) is 0 Å². The van der Waals surface area contributed by atoms with Crippen LogP contribution in [0.5, 0.6) is 0 Å². The summed E-state index contributed by atoms with van der Waals surface area (Å²) >= 11 is 0. The molecule has 0 spiro atoms. The normalized spacial score (nSPS) is 17.2. The molecule has 0 aromatic rings. The molecule has 0 rings (SSSR count). The maximum Gasteiger partial charge on any atom is 1.00 e. The van der Waals surface area contributed by atoms with Crippen LogP contribution in [0.2, 0.25) is 0 Å². The topological polar surface area (TPSA) is 20.2 Å². The van der Waals surface area contributed by atoms with Gasteiger partial charge in [0.25, 0.3) is 6.43 Å². The van der Waals surface area contributed by atoms with Crippen LogP contribution in [0.1, 0.15) is 1.43 Å². The molecule has 15 heavy (non-hydrogen) atoms. The molecule has 88 valence electrons. The van der Waals surface area contributed by atoms with Crippen molar-refractivity contribution in [2.24, 2.45) is 0 Å². The van der Waals surface area contributed by atoms with Crippen molar-refractivity contribution in [3.63, 3.8) is 0 Å². The van der Waals surface area contributed by atoms with Crippen LogP contribution in [-0.2, 0) is 0 Å². The molecular formula is C5H5F8NaO. The average Bonchev–Trinajstić information content (AvgIpc) is 1.99. The monoisotopic (exact) mass is 256 g/mol. The molecule has 10 heteroatoms. The third-order valence-corrected chi connectivity index (χ3v) is 1.27. The summed E-state index contributed by atoms with van der Waals surface area (Å²) in [5.41, 5.74) is 0. The Hall–Kier alpha value is 0.400. The standard InChI is InChI=1S/C5H4F8O.Na.H/c6-1(3(8)9)2(7)4(10,11)5(12,13)14;;/h1-3,14H;;/q;+1;-1. The smallest absolute Gasteiger partial charge is 1.00 e. The second kappa shape index (κ2) is 5.65. The van der Waals surface area contributed by atoms with Crippen LogP contribution in [-0.4, -0.2) is 35.9 Å². The van der Waals surface area contributed by atoms with Crippen LogP contribution in [0, 0.1) is 0 Å². The minimum absolute atomic E-state index is 0. The van der Waals surface area contributed by atoms with Gasteiger partial charge in [-0.15, -0.1) is 0 Å². The van der Waals surface area contributed by atoms with E-state index in [9.17, 15) is 35.1 Å². The van der Waals surface area contributed by atoms with Gasteiger partial charge in [-0.2, -0.15) is 17.6 Å². The molecule has 0 saturated carbocycles. The van der Waals surface area contributed by atoms with Crippen molar-refractivity contribution in [2.45, 2.75) is 30.8 Å². The molecule has 2 unspecified atom stereocenters. The van der Waals surface area contributed by atoms with Crippen LogP contribution < -0.4 is 29.6 Å². The zero-order chi connectivity index (χ0) is 11.7. The van der Waals surface area contributed by atoms with E-state index in [1.165, 1.54) is 0 Å². The van der Waals surface area contributed by atoms with Crippen molar-refractivity contribution in [1.29, 1.82) is 0 Å². The van der Waals surface area contributed by atoms with E-state index in [1.54, 1.807) is 0 Å². The number of hydrogen-bond acceptors (Lipinski definition) is 1. The summed E-state index contributed by atoms with van der Waals surface area (Å²) in [5, 5.41) is 7.41. The van der Waals surface area contributed by atoms with Gasteiger partial charge in [0.15, 0.2) is 6.17 Å². The summed E-state index contributed by atoms with van der Waals surface area (Å²) < 4.78 is 93.6. The largest absolute Gasteiger partial charge is 1.00 e. The Morgan fingerprint density at radius 3 is 1.47 bits per heavy atom. The van der Waals surface area contributed by atoms with Crippen LogP contribution in [0.3, 0.4) is 0 Å². The molecule has 0 aliphatic rings. The van der Waals surface area contributed by atoms with Crippen molar-refractivity contribution in [3.05, 3.63) is 0 Å². The SMILES string of the molecule is OC(F)(F)C(F)(F)C(F)C(F)C(F)F.[H-].[Na+]. The number of aliphatic hydroxyl groups is 1. The summed E-state index contributed by atoms with van der Waals surface area (Å²) in [6.45, 7) is 0. The fourth-order valence-corrected chi connectivity index (χ4v) is 0.494. The summed E-state index contributed by atoms with van der Waals surface area (Å²) in [5.74, 6) is -5.90. The Morgan fingerprint density at radius 1 is 0.933 bits per heavy atom. The first-order valence-electron chi connectivity index (χ1n) is 3.06. The zero-order valence-corrected chi connectivity index (χ0v) is 9.20. The third kappa shape index (κ3) is 4.04. The number of rotatable bonds is 4.